The predicted molar refractivity (Wildman–Crippen MR) is 164 cm³/mol. The molecule has 3 saturated carbocycles. The molecule has 7 nitrogen and oxygen atoms in total. The van der Waals surface area contributed by atoms with Crippen LogP contribution in [0.25, 0.3) is 12.2 Å². The molecule has 1 aliphatic heterocycles. The van der Waals surface area contributed by atoms with Gasteiger partial charge in [0.1, 0.15) is 12.8 Å². The van der Waals surface area contributed by atoms with Gasteiger partial charge in [-0.15, -0.1) is 0 Å². The molecule has 9 heteroatoms. The lowest BCUT2D eigenvalue weighted by atomic mass is 9.44. The molecule has 5 aliphatic rings. The van der Waals surface area contributed by atoms with Crippen molar-refractivity contribution in [2.45, 2.75) is 69.0 Å². The highest BCUT2D eigenvalue weighted by atomic mass is 19.1. The van der Waals surface area contributed by atoms with E-state index in [4.69, 9.17) is 15.2 Å². The first kappa shape index (κ1) is 30.2. The fraction of sp³-hybridized carbons (Fsp3) is 0.444. The number of carbonyl (C=O) groups excluding carboxylic acids is 2. The minimum atomic E-state index is -2.29. The quantitative estimate of drug-likeness (QED) is 0.316. The molecule has 2 aromatic carbocycles. The van der Waals surface area contributed by atoms with Gasteiger partial charge in [0.15, 0.2) is 29.1 Å². The van der Waals surface area contributed by atoms with Crippen molar-refractivity contribution in [3.05, 3.63) is 89.0 Å². The SMILES string of the molecule is C[C@]12C=CC(=O)C=C1[C@@H](F)C[C@H]1[C@@H]3C[C@H]4O[C@H](c5ccc(/C=C/c6cccc(N)c6)cc5)O[C@@]4(C(=O)CO)[C@@]3(C)C[C@H](O)[C@@]12F. The summed E-state index contributed by atoms with van der Waals surface area (Å²) in [6.45, 7) is 2.48. The Morgan fingerprint density at radius 1 is 1.09 bits per heavy atom. The summed E-state index contributed by atoms with van der Waals surface area (Å²) in [6.07, 6.45) is 2.44. The van der Waals surface area contributed by atoms with Crippen LogP contribution in [0.15, 0.2) is 72.3 Å². The second-order valence-corrected chi connectivity index (χ2v) is 13.7. The van der Waals surface area contributed by atoms with E-state index in [1.165, 1.54) is 19.1 Å². The lowest BCUT2D eigenvalue weighted by Gasteiger charge is -2.63. The largest absolute Gasteiger partial charge is 0.399 e. The fourth-order valence-electron chi connectivity index (χ4n) is 9.33. The Morgan fingerprint density at radius 3 is 2.53 bits per heavy atom. The number of fused-ring (bicyclic) bond motifs is 7. The molecule has 10 atom stereocenters. The number of Topliss-reactive ketones (excluding diaryl/α,β-unsaturated/α-hetero) is 1. The molecule has 236 valence electrons. The first-order valence-electron chi connectivity index (χ1n) is 15.4. The number of hydrogen-bond donors (Lipinski definition) is 3. The minimum absolute atomic E-state index is 0.0366. The predicted octanol–water partition coefficient (Wildman–Crippen LogP) is 5.08. The van der Waals surface area contributed by atoms with Crippen molar-refractivity contribution in [2.75, 3.05) is 12.3 Å². The van der Waals surface area contributed by atoms with E-state index in [1.54, 1.807) is 6.92 Å². The van der Waals surface area contributed by atoms with Crippen LogP contribution in [-0.4, -0.2) is 58.0 Å². The Balaban J connectivity index is 1.20. The van der Waals surface area contributed by atoms with Crippen molar-refractivity contribution < 1.29 is 38.1 Å². The maximum Gasteiger partial charge on any atom is 0.193 e. The van der Waals surface area contributed by atoms with Crippen LogP contribution >= 0.6 is 0 Å². The number of alkyl halides is 2. The third-order valence-corrected chi connectivity index (χ3v) is 11.5. The maximum absolute atomic E-state index is 17.5. The van der Waals surface area contributed by atoms with E-state index in [0.29, 0.717) is 11.3 Å². The Bertz CT molecular complexity index is 1650. The van der Waals surface area contributed by atoms with Gasteiger partial charge >= 0.3 is 0 Å². The van der Waals surface area contributed by atoms with Crippen molar-refractivity contribution in [1.82, 2.24) is 0 Å². The van der Waals surface area contributed by atoms with Crippen LogP contribution in [0.3, 0.4) is 0 Å². The lowest BCUT2D eigenvalue weighted by molar-refractivity contribution is -0.235. The maximum atomic E-state index is 17.5. The molecular formula is C36H37F2NO6. The number of benzene rings is 2. The van der Waals surface area contributed by atoms with Gasteiger partial charge in [-0.2, -0.15) is 0 Å². The second-order valence-electron chi connectivity index (χ2n) is 13.7. The van der Waals surface area contributed by atoms with Gasteiger partial charge in [-0.3, -0.25) is 9.59 Å². The summed E-state index contributed by atoms with van der Waals surface area (Å²) in [4.78, 5) is 25.8. The molecule has 0 unspecified atom stereocenters. The minimum Gasteiger partial charge on any atom is -0.399 e. The number of carbonyl (C=O) groups is 2. The molecule has 0 aromatic heterocycles. The average Bonchev–Trinajstić information content (AvgIpc) is 3.52. The zero-order valence-corrected chi connectivity index (χ0v) is 25.2. The standard InChI is InChI=1S/C36H37F2NO6/c1-33-13-12-24(41)15-27(33)28(37)16-26-25-17-31-36(30(43)19-40,34(25,2)18-29(42)35(26,33)38)45-32(44-31)22-10-8-20(9-11-22)6-7-21-4-3-5-23(39)14-21/h3-15,25-26,28-29,31-32,40,42H,16-19,39H2,1-2H3/b7-6+/t25-,26-,28-,29-,31+,32-,33-,34-,35-,36+/m0/s1. The number of nitrogens with two attached hydrogens (primary N) is 1. The summed E-state index contributed by atoms with van der Waals surface area (Å²) in [6, 6.07) is 15.0. The Morgan fingerprint density at radius 2 is 1.82 bits per heavy atom. The van der Waals surface area contributed by atoms with E-state index in [-0.39, 0.29) is 24.8 Å². The molecule has 4 fully saturated rings. The molecule has 1 saturated heterocycles. The van der Waals surface area contributed by atoms with Gasteiger partial charge in [-0.25, -0.2) is 8.78 Å². The molecule has 4 N–H and O–H groups in total. The van der Waals surface area contributed by atoms with Crippen LogP contribution in [0, 0.1) is 22.7 Å². The van der Waals surface area contributed by atoms with Gasteiger partial charge in [-0.05, 0) is 73.1 Å². The molecule has 45 heavy (non-hydrogen) atoms. The average molecular weight is 618 g/mol. The Kier molecular flexibility index (Phi) is 6.87. The number of halogens is 2. The summed E-state index contributed by atoms with van der Waals surface area (Å²) < 4.78 is 46.3. The highest BCUT2D eigenvalue weighted by Crippen LogP contribution is 2.72. The van der Waals surface area contributed by atoms with Crippen molar-refractivity contribution in [1.29, 1.82) is 0 Å². The van der Waals surface area contributed by atoms with E-state index in [2.05, 4.69) is 0 Å². The molecule has 0 radical (unpaired) electrons. The van der Waals surface area contributed by atoms with Crippen LogP contribution < -0.4 is 5.73 Å². The number of ketones is 2. The van der Waals surface area contributed by atoms with Gasteiger partial charge in [0.05, 0.1) is 12.2 Å². The Labute approximate surface area is 260 Å². The normalized spacial score (nSPS) is 41.7. The van der Waals surface area contributed by atoms with Crippen LogP contribution in [0.5, 0.6) is 0 Å². The van der Waals surface area contributed by atoms with Crippen LogP contribution in [0.2, 0.25) is 0 Å². The van der Waals surface area contributed by atoms with Crippen LogP contribution in [-0.2, 0) is 19.1 Å². The van der Waals surface area contributed by atoms with Crippen LogP contribution in [0.1, 0.15) is 56.1 Å². The number of hydrogen-bond acceptors (Lipinski definition) is 7. The fourth-order valence-corrected chi connectivity index (χ4v) is 9.33. The summed E-state index contributed by atoms with van der Waals surface area (Å²) in [5.41, 5.74) is 2.44. The molecule has 0 bridgehead atoms. The molecule has 0 spiro atoms. The van der Waals surface area contributed by atoms with Gasteiger partial charge in [0.25, 0.3) is 0 Å². The number of ether oxygens (including phenoxy) is 2. The van der Waals surface area contributed by atoms with Crippen molar-refractivity contribution >= 4 is 29.4 Å². The summed E-state index contributed by atoms with van der Waals surface area (Å²) in [5.74, 6) is -2.62. The highest BCUT2D eigenvalue weighted by molar-refractivity contribution is 6.01. The second kappa shape index (κ2) is 10.3. The molecular weight excluding hydrogens is 580 g/mol. The van der Waals surface area contributed by atoms with E-state index in [0.717, 1.165) is 17.2 Å². The lowest BCUT2D eigenvalue weighted by Crippen LogP contribution is -2.70. The molecule has 7 rings (SSSR count). The topological polar surface area (TPSA) is 119 Å². The summed E-state index contributed by atoms with van der Waals surface area (Å²) in [7, 11) is 0. The highest BCUT2D eigenvalue weighted by Gasteiger charge is 2.80. The van der Waals surface area contributed by atoms with Gasteiger partial charge in [0.2, 0.25) is 0 Å². The number of nitrogen functional groups attached to an aromatic ring is 1. The molecule has 4 aliphatic carbocycles. The zero-order valence-electron chi connectivity index (χ0n) is 25.2. The van der Waals surface area contributed by atoms with E-state index >= 15 is 8.78 Å². The van der Waals surface area contributed by atoms with Gasteiger partial charge in [-0.1, -0.05) is 61.5 Å². The smallest absolute Gasteiger partial charge is 0.193 e. The van der Waals surface area contributed by atoms with Crippen molar-refractivity contribution in [3.63, 3.8) is 0 Å². The van der Waals surface area contributed by atoms with Crippen molar-refractivity contribution in [3.8, 4) is 0 Å². The zero-order chi connectivity index (χ0) is 31.9. The van der Waals surface area contributed by atoms with Crippen LogP contribution in [0.4, 0.5) is 14.5 Å². The van der Waals surface area contributed by atoms with Crippen molar-refractivity contribution in [2.24, 2.45) is 22.7 Å². The number of allylic oxidation sites excluding steroid dienone is 4. The van der Waals surface area contributed by atoms with E-state index in [9.17, 15) is 19.8 Å². The molecule has 0 amide bonds. The number of anilines is 1. The van der Waals surface area contributed by atoms with E-state index in [1.807, 2.05) is 60.7 Å². The number of rotatable bonds is 5. The monoisotopic (exact) mass is 617 g/mol. The first-order chi connectivity index (χ1) is 21.4. The number of aliphatic hydroxyl groups is 2. The summed E-state index contributed by atoms with van der Waals surface area (Å²) >= 11 is 0. The summed E-state index contributed by atoms with van der Waals surface area (Å²) in [5, 5.41) is 21.8. The van der Waals surface area contributed by atoms with Gasteiger partial charge < -0.3 is 25.4 Å². The third kappa shape index (κ3) is 4.07. The third-order valence-electron chi connectivity index (χ3n) is 11.5. The molecule has 1 heterocycles. The number of aliphatic hydroxyl groups excluding tert-OH is 2. The van der Waals surface area contributed by atoms with E-state index < -0.39 is 76.8 Å². The first-order valence-corrected chi connectivity index (χ1v) is 15.4. The van der Waals surface area contributed by atoms with Gasteiger partial charge in [0, 0.05) is 28.0 Å². The molecule has 2 aromatic rings. The Hall–Kier alpha value is -3.50.